The van der Waals surface area contributed by atoms with Gasteiger partial charge in [0.25, 0.3) is 0 Å². The minimum atomic E-state index is -2.33. The van der Waals surface area contributed by atoms with Crippen LogP contribution in [0.1, 0.15) is 52.6 Å². The van der Waals surface area contributed by atoms with Gasteiger partial charge in [-0.1, -0.05) is 84.9 Å². The van der Waals surface area contributed by atoms with Gasteiger partial charge in [-0.15, -0.1) is 0 Å². The highest BCUT2D eigenvalue weighted by molar-refractivity contribution is 6.28. The van der Waals surface area contributed by atoms with E-state index in [1.807, 2.05) is 0 Å². The summed E-state index contributed by atoms with van der Waals surface area (Å²) in [5, 5.41) is 0. The van der Waals surface area contributed by atoms with E-state index in [0.717, 1.165) is 0 Å². The van der Waals surface area contributed by atoms with Gasteiger partial charge in [-0.2, -0.15) is 0 Å². The first kappa shape index (κ1) is 46.9. The van der Waals surface area contributed by atoms with Crippen molar-refractivity contribution in [1.29, 1.82) is 0 Å². The van der Waals surface area contributed by atoms with E-state index in [9.17, 15) is 0 Å². The number of ether oxygens (including phenoxy) is 9. The smallest absolute Gasteiger partial charge is 0.191 e. The highest BCUT2D eigenvalue weighted by atomic mass is 16.5. The normalized spacial score (nSPS) is 11.2. The fraction of sp³-hybridized carbons (Fsp3) is 0.231. The van der Waals surface area contributed by atoms with E-state index in [0.29, 0.717) is 0 Å². The van der Waals surface area contributed by atoms with Crippen LogP contribution in [0, 0.1) is 0 Å². The van der Waals surface area contributed by atoms with E-state index < -0.39 is 47.2 Å². The number of carbonyl (C=O) groups is 4. The molecule has 65 heavy (non-hydrogen) atoms. The second kappa shape index (κ2) is 20.7. The van der Waals surface area contributed by atoms with Crippen LogP contribution >= 0.6 is 0 Å². The number of hydrogen-bond acceptors (Lipinski definition) is 13. The molecule has 0 aliphatic carbocycles. The average Bonchev–Trinajstić information content (AvgIpc) is 3.37. The Balaban J connectivity index is 1.70. The van der Waals surface area contributed by atoms with Crippen LogP contribution < -0.4 is 37.9 Å². The van der Waals surface area contributed by atoms with Gasteiger partial charge in [0, 0.05) is 0 Å². The molecule has 0 bridgehead atoms. The number of rotatable bonds is 22. The van der Waals surface area contributed by atoms with Gasteiger partial charge < -0.3 is 42.6 Å². The van der Waals surface area contributed by atoms with Crippen molar-refractivity contribution in [3.8, 4) is 46.0 Å². The largest absolute Gasteiger partial charge is 0.496 e. The third-order valence-electron chi connectivity index (χ3n) is 11.3. The van der Waals surface area contributed by atoms with E-state index in [1.54, 1.807) is 133 Å². The molecule has 0 atom stereocenters. The molecule has 0 aliphatic rings. The molecule has 0 aliphatic heterocycles. The van der Waals surface area contributed by atoms with Crippen molar-refractivity contribution in [2.75, 3.05) is 70.1 Å². The first-order valence-corrected chi connectivity index (χ1v) is 20.3. The number of benzene rings is 6. The van der Waals surface area contributed by atoms with Gasteiger partial charge in [-0.05, 0) is 59.7 Å². The van der Waals surface area contributed by atoms with Crippen LogP contribution in [0.2, 0.25) is 0 Å². The molecular formula is C52H50O13. The monoisotopic (exact) mass is 882 g/mol. The molecule has 0 amide bonds. The fourth-order valence-electron chi connectivity index (χ4n) is 8.12. The first-order chi connectivity index (χ1) is 31.6. The number of methoxy groups -OCH3 is 8. The summed E-state index contributed by atoms with van der Waals surface area (Å²) in [5.74, 6) is -2.36. The lowest BCUT2D eigenvalue weighted by Crippen LogP contribution is -2.52. The Morgan fingerprint density at radius 1 is 0.308 bits per heavy atom. The van der Waals surface area contributed by atoms with Crippen LogP contribution in [0.5, 0.6) is 46.0 Å². The fourth-order valence-corrected chi connectivity index (χ4v) is 8.12. The molecule has 13 heteroatoms. The summed E-state index contributed by atoms with van der Waals surface area (Å²) < 4.78 is 52.7. The van der Waals surface area contributed by atoms with Crippen molar-refractivity contribution < 1.29 is 61.8 Å². The summed E-state index contributed by atoms with van der Waals surface area (Å²) in [4.78, 5) is 63.9. The van der Waals surface area contributed by atoms with E-state index in [1.165, 1.54) is 56.9 Å². The molecule has 6 aromatic rings. The van der Waals surface area contributed by atoms with Gasteiger partial charge in [-0.3, -0.25) is 19.2 Å². The number of carbonyl (C=O) groups excluding carboxylic acids is 4. The highest BCUT2D eigenvalue weighted by Gasteiger charge is 2.55. The number of ketones is 4. The Labute approximate surface area is 377 Å². The summed E-state index contributed by atoms with van der Waals surface area (Å²) in [5.41, 5.74) is -4.59. The molecule has 0 radical (unpaired) electrons. The predicted octanol–water partition coefficient (Wildman–Crippen LogP) is 8.48. The molecule has 13 nitrogen and oxygen atoms in total. The summed E-state index contributed by atoms with van der Waals surface area (Å²) >= 11 is 0. The zero-order chi connectivity index (χ0) is 46.7. The van der Waals surface area contributed by atoms with Crippen LogP contribution in [0.3, 0.4) is 0 Å². The maximum absolute atomic E-state index is 16.0. The molecule has 0 fully saturated rings. The van der Waals surface area contributed by atoms with Crippen LogP contribution in [0.4, 0.5) is 0 Å². The van der Waals surface area contributed by atoms with Gasteiger partial charge in [0.1, 0.15) is 79.1 Å². The molecule has 6 rings (SSSR count). The lowest BCUT2D eigenvalue weighted by Gasteiger charge is -2.36. The zero-order valence-electron chi connectivity index (χ0n) is 37.4. The third-order valence-corrected chi connectivity index (χ3v) is 11.3. The molecule has 0 spiro atoms. The van der Waals surface area contributed by atoms with Crippen LogP contribution in [-0.4, -0.2) is 93.2 Å². The van der Waals surface area contributed by atoms with E-state index >= 15 is 19.2 Å². The highest BCUT2D eigenvalue weighted by Crippen LogP contribution is 2.46. The average molecular weight is 883 g/mol. The van der Waals surface area contributed by atoms with Crippen molar-refractivity contribution in [3.63, 3.8) is 0 Å². The van der Waals surface area contributed by atoms with E-state index in [4.69, 9.17) is 42.6 Å². The topological polar surface area (TPSA) is 151 Å². The SMILES string of the molecule is COc1cccc(OC)c1C(=O)C(COCC(C(=O)c1c(OC)cccc1OC)(C(=O)c1c(OC)cccc1OC)c1ccccc1)(C(=O)c1c(OC)cccc1OC)c1ccccc1. The Morgan fingerprint density at radius 2 is 0.508 bits per heavy atom. The molecule has 0 heterocycles. The van der Waals surface area contributed by atoms with Crippen molar-refractivity contribution in [1.82, 2.24) is 0 Å². The molecule has 0 aromatic heterocycles. The van der Waals surface area contributed by atoms with Gasteiger partial charge in [-0.25, -0.2) is 0 Å². The first-order valence-electron chi connectivity index (χ1n) is 20.3. The summed E-state index contributed by atoms with van der Waals surface area (Å²) in [6.45, 7) is -1.53. The minimum absolute atomic E-state index is 0.0776. The van der Waals surface area contributed by atoms with Crippen LogP contribution in [-0.2, 0) is 15.6 Å². The van der Waals surface area contributed by atoms with Gasteiger partial charge in [0.15, 0.2) is 23.1 Å². The quantitative estimate of drug-likeness (QED) is 0.0474. The lowest BCUT2D eigenvalue weighted by molar-refractivity contribution is 0.0340. The second-order valence-corrected chi connectivity index (χ2v) is 14.5. The molecule has 0 saturated carbocycles. The number of Topliss-reactive ketones (excluding diaryl/α,β-unsaturated/α-hetero) is 4. The van der Waals surface area contributed by atoms with Gasteiger partial charge >= 0.3 is 0 Å². The molecule has 6 aromatic carbocycles. The maximum atomic E-state index is 16.0. The number of hydrogen-bond donors (Lipinski definition) is 0. The molecular weight excluding hydrogens is 833 g/mol. The third kappa shape index (κ3) is 8.45. The summed E-state index contributed by atoms with van der Waals surface area (Å²) in [6.07, 6.45) is 0. The Morgan fingerprint density at radius 3 is 0.692 bits per heavy atom. The van der Waals surface area contributed by atoms with Crippen LogP contribution in [0.15, 0.2) is 133 Å². The maximum Gasteiger partial charge on any atom is 0.191 e. The van der Waals surface area contributed by atoms with Crippen LogP contribution in [0.25, 0.3) is 0 Å². The summed E-state index contributed by atoms with van der Waals surface area (Å²) in [7, 11) is 11.1. The zero-order valence-corrected chi connectivity index (χ0v) is 37.4. The molecule has 0 saturated heterocycles. The molecule has 0 unspecified atom stereocenters. The van der Waals surface area contributed by atoms with Crippen molar-refractivity contribution in [3.05, 3.63) is 167 Å². The minimum Gasteiger partial charge on any atom is -0.496 e. The van der Waals surface area contributed by atoms with Crippen molar-refractivity contribution in [2.24, 2.45) is 0 Å². The standard InChI is InChI=1S/C52H50O13/c1-57-35-23-15-24-36(58-2)43(35)47(53)51(33-19-11-9-12-20-33,48(54)44-37(59-3)25-16-26-38(44)60-4)31-65-32-52(34-21-13-10-14-22-34,49(55)45-39(61-5)27-17-28-40(45)62-6)50(56)46-41(63-7)29-18-30-42(46)64-8/h9-30H,31-32H2,1-8H3. The van der Waals surface area contributed by atoms with Gasteiger partial charge in [0.05, 0.1) is 70.1 Å². The van der Waals surface area contributed by atoms with Crippen molar-refractivity contribution >= 4 is 23.1 Å². The predicted molar refractivity (Wildman–Crippen MR) is 243 cm³/mol. The van der Waals surface area contributed by atoms with E-state index in [2.05, 4.69) is 0 Å². The Hall–Kier alpha value is -7.64. The molecule has 0 N–H and O–H groups in total. The van der Waals surface area contributed by atoms with Crippen molar-refractivity contribution in [2.45, 2.75) is 10.8 Å². The summed E-state index contributed by atoms with van der Waals surface area (Å²) in [6, 6.07) is 35.7. The van der Waals surface area contributed by atoms with Gasteiger partial charge in [0.2, 0.25) is 0 Å². The lowest BCUT2D eigenvalue weighted by atomic mass is 9.68. The second-order valence-electron chi connectivity index (χ2n) is 14.5. The Bertz CT molecular complexity index is 2250. The Kier molecular flexibility index (Phi) is 14.9. The molecule has 336 valence electrons. The van der Waals surface area contributed by atoms with E-state index in [-0.39, 0.29) is 79.4 Å².